The smallest absolute Gasteiger partial charge is 0.326 e. The fraction of sp³-hybridized carbons (Fsp3) is 0.846. The van der Waals surface area contributed by atoms with Crippen molar-refractivity contribution in [1.82, 2.24) is 5.32 Å². The minimum absolute atomic E-state index is 0.116. The highest BCUT2D eigenvalue weighted by atomic mass is 32.2. The minimum Gasteiger partial charge on any atom is -0.480 e. The summed E-state index contributed by atoms with van der Waals surface area (Å²) in [5, 5.41) is 11.8. The summed E-state index contributed by atoms with van der Waals surface area (Å²) in [4.78, 5) is 23.3. The van der Waals surface area contributed by atoms with Crippen molar-refractivity contribution in [2.75, 3.05) is 18.6 Å². The van der Waals surface area contributed by atoms with E-state index in [0.717, 1.165) is 31.4 Å². The molecule has 19 heavy (non-hydrogen) atoms. The summed E-state index contributed by atoms with van der Waals surface area (Å²) < 4.78 is 0. The average Bonchev–Trinajstić information content (AvgIpc) is 2.42. The van der Waals surface area contributed by atoms with Crippen LogP contribution in [0, 0.1) is 11.8 Å². The van der Waals surface area contributed by atoms with Crippen LogP contribution in [-0.4, -0.2) is 41.6 Å². The number of nitrogens with two attached hydrogens (primary N) is 1. The third-order valence-electron chi connectivity index (χ3n) is 3.77. The normalized spacial score (nSPS) is 24.7. The van der Waals surface area contributed by atoms with Crippen LogP contribution in [0.2, 0.25) is 0 Å². The second-order valence-corrected chi connectivity index (χ2v) is 6.05. The predicted molar refractivity (Wildman–Crippen MR) is 77.1 cm³/mol. The highest BCUT2D eigenvalue weighted by Crippen LogP contribution is 2.29. The first kappa shape index (κ1) is 16.3. The number of carbonyl (C=O) groups is 2. The van der Waals surface area contributed by atoms with E-state index in [1.54, 1.807) is 11.8 Å². The lowest BCUT2D eigenvalue weighted by molar-refractivity contribution is -0.143. The fourth-order valence-electron chi connectivity index (χ4n) is 2.61. The van der Waals surface area contributed by atoms with Gasteiger partial charge in [0.25, 0.3) is 0 Å². The number of amides is 1. The van der Waals surface area contributed by atoms with Gasteiger partial charge in [0.1, 0.15) is 6.04 Å². The predicted octanol–water partition coefficient (Wildman–Crippen LogP) is 1.07. The first-order valence-corrected chi connectivity index (χ1v) is 8.21. The van der Waals surface area contributed by atoms with Crippen LogP contribution in [-0.2, 0) is 9.59 Å². The van der Waals surface area contributed by atoms with E-state index in [-0.39, 0.29) is 17.7 Å². The number of hydrogen-bond acceptors (Lipinski definition) is 4. The third-order valence-corrected chi connectivity index (χ3v) is 4.42. The molecule has 1 aliphatic carbocycles. The van der Waals surface area contributed by atoms with Gasteiger partial charge >= 0.3 is 5.97 Å². The molecule has 4 N–H and O–H groups in total. The van der Waals surface area contributed by atoms with Crippen molar-refractivity contribution >= 4 is 23.6 Å². The Balaban J connectivity index is 2.56. The molecule has 3 atom stereocenters. The molecule has 1 aliphatic rings. The van der Waals surface area contributed by atoms with Crippen LogP contribution < -0.4 is 11.1 Å². The number of thioether (sulfide) groups is 1. The van der Waals surface area contributed by atoms with Gasteiger partial charge in [-0.2, -0.15) is 11.8 Å². The van der Waals surface area contributed by atoms with Gasteiger partial charge in [0.15, 0.2) is 0 Å². The van der Waals surface area contributed by atoms with Crippen molar-refractivity contribution in [1.29, 1.82) is 0 Å². The molecule has 0 aromatic rings. The number of carboxylic acids is 1. The summed E-state index contributed by atoms with van der Waals surface area (Å²) in [5.41, 5.74) is 5.70. The zero-order valence-corrected chi connectivity index (χ0v) is 12.2. The van der Waals surface area contributed by atoms with E-state index in [0.29, 0.717) is 13.0 Å². The molecule has 1 amide bonds. The van der Waals surface area contributed by atoms with E-state index in [1.807, 2.05) is 6.26 Å². The zero-order chi connectivity index (χ0) is 14.3. The molecule has 0 radical (unpaired) electrons. The standard InChI is InChI=1S/C13H24N2O3S/c1-19-7-6-11(13(17)18)15-12(16)10-5-3-2-4-9(10)8-14/h9-11H,2-8,14H2,1H3,(H,15,16)(H,17,18)/t9?,10?,11-/m0/s1. The SMILES string of the molecule is CSCC[C@H](NC(=O)C1CCCCC1CN)C(=O)O. The summed E-state index contributed by atoms with van der Waals surface area (Å²) in [6.07, 6.45) is 6.31. The molecule has 0 aromatic heterocycles. The Bertz CT molecular complexity index is 312. The molecule has 0 aromatic carbocycles. The Kier molecular flexibility index (Phi) is 7.23. The lowest BCUT2D eigenvalue weighted by Crippen LogP contribution is -2.47. The molecule has 1 fully saturated rings. The second kappa shape index (κ2) is 8.43. The summed E-state index contributed by atoms with van der Waals surface area (Å²) in [6, 6.07) is -0.777. The van der Waals surface area contributed by atoms with Gasteiger partial charge in [-0.1, -0.05) is 12.8 Å². The van der Waals surface area contributed by atoms with Crippen LogP contribution in [0.3, 0.4) is 0 Å². The molecule has 0 bridgehead atoms. The Hall–Kier alpha value is -0.750. The van der Waals surface area contributed by atoms with Crippen LogP contribution >= 0.6 is 11.8 Å². The van der Waals surface area contributed by atoms with Crippen molar-refractivity contribution < 1.29 is 14.7 Å². The van der Waals surface area contributed by atoms with E-state index >= 15 is 0 Å². The molecular weight excluding hydrogens is 264 g/mol. The molecule has 1 rings (SSSR count). The molecule has 5 nitrogen and oxygen atoms in total. The number of carbonyl (C=O) groups excluding carboxylic acids is 1. The van der Waals surface area contributed by atoms with E-state index in [4.69, 9.17) is 10.8 Å². The molecule has 0 heterocycles. The topological polar surface area (TPSA) is 92.4 Å². The highest BCUT2D eigenvalue weighted by Gasteiger charge is 2.32. The Morgan fingerprint density at radius 1 is 1.42 bits per heavy atom. The van der Waals surface area contributed by atoms with Gasteiger partial charge < -0.3 is 16.2 Å². The maximum Gasteiger partial charge on any atom is 0.326 e. The van der Waals surface area contributed by atoms with Crippen molar-refractivity contribution in [3.63, 3.8) is 0 Å². The van der Waals surface area contributed by atoms with Crippen LogP contribution in [0.25, 0.3) is 0 Å². The monoisotopic (exact) mass is 288 g/mol. The molecular formula is C13H24N2O3S. The molecule has 1 saturated carbocycles. The fourth-order valence-corrected chi connectivity index (χ4v) is 3.08. The number of rotatable bonds is 7. The van der Waals surface area contributed by atoms with Crippen molar-refractivity contribution in [3.8, 4) is 0 Å². The van der Waals surface area contributed by atoms with Crippen molar-refractivity contribution in [2.45, 2.75) is 38.1 Å². The van der Waals surface area contributed by atoms with Gasteiger partial charge in [0.05, 0.1) is 0 Å². The number of hydrogen-bond donors (Lipinski definition) is 3. The zero-order valence-electron chi connectivity index (χ0n) is 11.4. The van der Waals surface area contributed by atoms with Crippen molar-refractivity contribution in [3.05, 3.63) is 0 Å². The molecule has 0 spiro atoms. The number of nitrogens with one attached hydrogen (secondary N) is 1. The van der Waals surface area contributed by atoms with Gasteiger partial charge in [-0.05, 0) is 43.7 Å². The first-order valence-electron chi connectivity index (χ1n) is 6.82. The number of aliphatic carboxylic acids is 1. The maximum absolute atomic E-state index is 12.2. The van der Waals surface area contributed by atoms with Crippen LogP contribution in [0.1, 0.15) is 32.1 Å². The van der Waals surface area contributed by atoms with Gasteiger partial charge in [-0.15, -0.1) is 0 Å². The maximum atomic E-state index is 12.2. The lowest BCUT2D eigenvalue weighted by Gasteiger charge is -2.30. The summed E-state index contributed by atoms with van der Waals surface area (Å²) in [7, 11) is 0. The molecule has 110 valence electrons. The second-order valence-electron chi connectivity index (χ2n) is 5.07. The summed E-state index contributed by atoms with van der Waals surface area (Å²) in [6.45, 7) is 0.501. The molecule has 0 saturated heterocycles. The van der Waals surface area contributed by atoms with Gasteiger partial charge in [0, 0.05) is 5.92 Å². The minimum atomic E-state index is -0.956. The van der Waals surface area contributed by atoms with E-state index < -0.39 is 12.0 Å². The summed E-state index contributed by atoms with van der Waals surface area (Å²) >= 11 is 1.58. The van der Waals surface area contributed by atoms with E-state index in [9.17, 15) is 9.59 Å². The third kappa shape index (κ3) is 5.03. The summed E-state index contributed by atoms with van der Waals surface area (Å²) in [5.74, 6) is -0.285. The number of carboxylic acid groups (broad SMARTS) is 1. The van der Waals surface area contributed by atoms with Gasteiger partial charge in [0.2, 0.25) is 5.91 Å². The van der Waals surface area contributed by atoms with Crippen LogP contribution in [0.4, 0.5) is 0 Å². The molecule has 0 aliphatic heterocycles. The quantitative estimate of drug-likeness (QED) is 0.652. The van der Waals surface area contributed by atoms with Gasteiger partial charge in [-0.25, -0.2) is 4.79 Å². The average molecular weight is 288 g/mol. The highest BCUT2D eigenvalue weighted by molar-refractivity contribution is 7.98. The van der Waals surface area contributed by atoms with Crippen LogP contribution in [0.15, 0.2) is 0 Å². The largest absolute Gasteiger partial charge is 0.480 e. The van der Waals surface area contributed by atoms with E-state index in [1.165, 1.54) is 0 Å². The first-order chi connectivity index (χ1) is 9.10. The lowest BCUT2D eigenvalue weighted by atomic mass is 9.78. The van der Waals surface area contributed by atoms with Crippen LogP contribution in [0.5, 0.6) is 0 Å². The Labute approximate surface area is 118 Å². The Morgan fingerprint density at radius 3 is 2.68 bits per heavy atom. The van der Waals surface area contributed by atoms with Crippen molar-refractivity contribution in [2.24, 2.45) is 17.6 Å². The Morgan fingerprint density at radius 2 is 2.11 bits per heavy atom. The van der Waals surface area contributed by atoms with Gasteiger partial charge in [-0.3, -0.25) is 4.79 Å². The van der Waals surface area contributed by atoms with E-state index in [2.05, 4.69) is 5.32 Å². The molecule has 2 unspecified atom stereocenters. The molecule has 6 heteroatoms.